The van der Waals surface area contributed by atoms with Gasteiger partial charge in [0.25, 0.3) is 0 Å². The highest BCUT2D eigenvalue weighted by molar-refractivity contribution is 6.13. The molecular weight excluding hydrogens is 753 g/mol. The third-order valence-electron chi connectivity index (χ3n) is 12.6. The molecule has 0 aliphatic rings. The fraction of sp³-hybridized carbons (Fsp3) is 0.276. The molecule has 9 rings (SSSR count). The average molecular weight is 813 g/mol. The van der Waals surface area contributed by atoms with Gasteiger partial charge in [-0.25, -0.2) is 4.98 Å². The molecule has 0 saturated heterocycles. The number of benzene rings is 6. The summed E-state index contributed by atoms with van der Waals surface area (Å²) in [5, 5.41) is 2.46. The van der Waals surface area contributed by atoms with Crippen LogP contribution < -0.4 is 0 Å². The second-order valence-electron chi connectivity index (χ2n) is 21.4. The molecule has 4 nitrogen and oxygen atoms in total. The van der Waals surface area contributed by atoms with Crippen LogP contribution in [0.5, 0.6) is 0 Å². The van der Waals surface area contributed by atoms with Gasteiger partial charge in [0.2, 0.25) is 0 Å². The largest absolute Gasteiger partial charge is 0.354 e. The third kappa shape index (κ3) is 7.44. The second kappa shape index (κ2) is 14.7. The number of imidazole rings is 1. The normalized spacial score (nSPS) is 12.8. The molecule has 0 aliphatic heterocycles. The fourth-order valence-electron chi connectivity index (χ4n) is 8.78. The van der Waals surface area contributed by atoms with Gasteiger partial charge < -0.3 is 4.98 Å². The molecule has 0 saturated carbocycles. The van der Waals surface area contributed by atoms with Crippen LogP contribution in [0.25, 0.3) is 83.4 Å². The van der Waals surface area contributed by atoms with Gasteiger partial charge in [-0.2, -0.15) is 0 Å². The fourth-order valence-corrected chi connectivity index (χ4v) is 8.78. The maximum absolute atomic E-state index is 5.82. The van der Waals surface area contributed by atoms with E-state index in [9.17, 15) is 0 Å². The maximum atomic E-state index is 5.82. The van der Waals surface area contributed by atoms with Crippen molar-refractivity contribution in [3.05, 3.63) is 162 Å². The Kier molecular flexibility index (Phi) is 9.74. The lowest BCUT2D eigenvalue weighted by molar-refractivity contribution is 0.589. The lowest BCUT2D eigenvalue weighted by Gasteiger charge is -2.23. The van der Waals surface area contributed by atoms with E-state index in [0.29, 0.717) is 0 Å². The number of H-pyrrole nitrogens is 1. The zero-order chi connectivity index (χ0) is 43.9. The number of nitrogens with one attached hydrogen (secondary N) is 1. The molecule has 0 fully saturated rings. The SMILES string of the molecule is CC(C)(C)c1ccnc(-c2cccc(-c3cccc4c3nc(-c3cc(C(C)(C)C)cc5c3[nH]c3ccc(C(C)(C)C)cc35)n4-c3ccc(C(C)(C)C)cc3-c3ccccc3)c2)c1. The van der Waals surface area contributed by atoms with Gasteiger partial charge in [-0.15, -0.1) is 0 Å². The third-order valence-corrected chi connectivity index (χ3v) is 12.6. The molecule has 62 heavy (non-hydrogen) atoms. The summed E-state index contributed by atoms with van der Waals surface area (Å²) < 4.78 is 2.43. The summed E-state index contributed by atoms with van der Waals surface area (Å²) in [7, 11) is 0. The van der Waals surface area contributed by atoms with Crippen LogP contribution in [0.1, 0.15) is 105 Å². The first-order chi connectivity index (χ1) is 29.3. The summed E-state index contributed by atoms with van der Waals surface area (Å²) in [5.41, 5.74) is 18.0. The van der Waals surface area contributed by atoms with Crippen molar-refractivity contribution in [1.29, 1.82) is 0 Å². The molecule has 4 heteroatoms. The minimum absolute atomic E-state index is 0.0163. The highest BCUT2D eigenvalue weighted by atomic mass is 15.1. The van der Waals surface area contributed by atoms with E-state index in [0.717, 1.165) is 61.5 Å². The monoisotopic (exact) mass is 812 g/mol. The molecule has 0 radical (unpaired) electrons. The van der Waals surface area contributed by atoms with E-state index < -0.39 is 0 Å². The number of hydrogen-bond donors (Lipinski definition) is 1. The van der Waals surface area contributed by atoms with Gasteiger partial charge in [0.1, 0.15) is 5.82 Å². The van der Waals surface area contributed by atoms with Crippen LogP contribution >= 0.6 is 0 Å². The van der Waals surface area contributed by atoms with Crippen molar-refractivity contribution in [1.82, 2.24) is 19.5 Å². The van der Waals surface area contributed by atoms with E-state index in [2.05, 4.69) is 226 Å². The lowest BCUT2D eigenvalue weighted by Crippen LogP contribution is -2.12. The summed E-state index contributed by atoms with van der Waals surface area (Å²) in [6.45, 7) is 27.4. The van der Waals surface area contributed by atoms with E-state index in [4.69, 9.17) is 9.97 Å². The van der Waals surface area contributed by atoms with E-state index in [1.165, 1.54) is 44.2 Å². The number of rotatable bonds is 5. The highest BCUT2D eigenvalue weighted by Gasteiger charge is 2.27. The number of aromatic nitrogens is 4. The first-order valence-corrected chi connectivity index (χ1v) is 22.2. The standard InChI is InChI=1S/C58H60N4/c1-55(2,3)39-24-26-48-45(32-39)46-33-42(58(10,11)12)34-47(52(46)60-48)54-61-53-43(37-20-16-21-38(30-37)49-35-41(28-29-59-49)57(7,8)9)22-17-23-51(53)62(54)50-27-25-40(56(4,5)6)31-44(50)36-18-14-13-15-19-36/h13-35,60H,1-12H3. The number of aromatic amines is 1. The molecule has 6 aromatic carbocycles. The van der Waals surface area contributed by atoms with E-state index in [-0.39, 0.29) is 21.7 Å². The number of pyridine rings is 1. The molecule has 0 unspecified atom stereocenters. The molecule has 0 amide bonds. The highest BCUT2D eigenvalue weighted by Crippen LogP contribution is 2.44. The van der Waals surface area contributed by atoms with E-state index in [1.807, 2.05) is 6.20 Å². The lowest BCUT2D eigenvalue weighted by atomic mass is 9.84. The predicted octanol–water partition coefficient (Wildman–Crippen LogP) is 15.9. The molecule has 0 atom stereocenters. The maximum Gasteiger partial charge on any atom is 0.147 e. The van der Waals surface area contributed by atoms with Crippen LogP contribution in [0.4, 0.5) is 0 Å². The van der Waals surface area contributed by atoms with Crippen LogP contribution in [0, 0.1) is 0 Å². The van der Waals surface area contributed by atoms with Gasteiger partial charge in [-0.05, 0) is 116 Å². The van der Waals surface area contributed by atoms with Crippen molar-refractivity contribution in [3.63, 3.8) is 0 Å². The van der Waals surface area contributed by atoms with Crippen LogP contribution in [0.3, 0.4) is 0 Å². The number of hydrogen-bond acceptors (Lipinski definition) is 2. The first-order valence-electron chi connectivity index (χ1n) is 22.2. The Hall–Kier alpha value is -6.26. The summed E-state index contributed by atoms with van der Waals surface area (Å²) >= 11 is 0. The van der Waals surface area contributed by atoms with Gasteiger partial charge in [-0.3, -0.25) is 9.55 Å². The summed E-state index contributed by atoms with van der Waals surface area (Å²) in [4.78, 5) is 14.6. The van der Waals surface area contributed by atoms with Crippen LogP contribution in [-0.2, 0) is 21.7 Å². The van der Waals surface area contributed by atoms with Crippen molar-refractivity contribution >= 4 is 32.8 Å². The van der Waals surface area contributed by atoms with Gasteiger partial charge in [0, 0.05) is 44.7 Å². The first kappa shape index (κ1) is 41.1. The Morgan fingerprint density at radius 1 is 0.452 bits per heavy atom. The average Bonchev–Trinajstić information content (AvgIpc) is 3.81. The molecule has 0 bridgehead atoms. The minimum Gasteiger partial charge on any atom is -0.354 e. The Labute approximate surface area is 368 Å². The molecule has 1 N–H and O–H groups in total. The Balaban J connectivity index is 1.38. The van der Waals surface area contributed by atoms with Gasteiger partial charge >= 0.3 is 0 Å². The van der Waals surface area contributed by atoms with Crippen molar-refractivity contribution in [3.8, 4) is 50.6 Å². The quantitative estimate of drug-likeness (QED) is 0.188. The van der Waals surface area contributed by atoms with Crippen LogP contribution in [0.2, 0.25) is 0 Å². The van der Waals surface area contributed by atoms with Crippen LogP contribution in [-0.4, -0.2) is 19.5 Å². The number of nitrogens with zero attached hydrogens (tertiary/aromatic N) is 3. The van der Waals surface area contributed by atoms with Crippen molar-refractivity contribution < 1.29 is 0 Å². The van der Waals surface area contributed by atoms with Crippen molar-refractivity contribution in [2.75, 3.05) is 0 Å². The van der Waals surface area contributed by atoms with E-state index >= 15 is 0 Å². The number of para-hydroxylation sites is 1. The predicted molar refractivity (Wildman–Crippen MR) is 265 cm³/mol. The zero-order valence-electron chi connectivity index (χ0n) is 38.6. The Bertz CT molecular complexity index is 3150. The molecule has 9 aromatic rings. The molecule has 3 aromatic heterocycles. The van der Waals surface area contributed by atoms with Gasteiger partial charge in [-0.1, -0.05) is 156 Å². The zero-order valence-corrected chi connectivity index (χ0v) is 38.6. The Morgan fingerprint density at radius 3 is 1.76 bits per heavy atom. The van der Waals surface area contributed by atoms with E-state index in [1.54, 1.807) is 0 Å². The molecular formula is C58H60N4. The molecule has 0 spiro atoms. The van der Waals surface area contributed by atoms with Gasteiger partial charge in [0.15, 0.2) is 0 Å². The topological polar surface area (TPSA) is 46.5 Å². The van der Waals surface area contributed by atoms with Gasteiger partial charge in [0.05, 0.1) is 27.9 Å². The van der Waals surface area contributed by atoms with Crippen molar-refractivity contribution in [2.24, 2.45) is 0 Å². The molecule has 0 aliphatic carbocycles. The molecule has 312 valence electrons. The second-order valence-corrected chi connectivity index (χ2v) is 21.4. The summed E-state index contributed by atoms with van der Waals surface area (Å²) in [5.74, 6) is 0.905. The van der Waals surface area contributed by atoms with Crippen LogP contribution in [0.15, 0.2) is 140 Å². The minimum atomic E-state index is -0.113. The summed E-state index contributed by atoms with van der Waals surface area (Å²) in [6.07, 6.45) is 1.94. The summed E-state index contributed by atoms with van der Waals surface area (Å²) in [6, 6.07) is 49.4. The Morgan fingerprint density at radius 2 is 1.05 bits per heavy atom. The molecule has 3 heterocycles. The smallest absolute Gasteiger partial charge is 0.147 e. The van der Waals surface area contributed by atoms with Crippen molar-refractivity contribution in [2.45, 2.75) is 105 Å². The number of fused-ring (bicyclic) bond motifs is 4.